The van der Waals surface area contributed by atoms with Crippen LogP contribution in [0.3, 0.4) is 0 Å². The highest BCUT2D eigenvalue weighted by atomic mass is 32.1. The topological polar surface area (TPSA) is 167 Å². The first-order valence-electron chi connectivity index (χ1n) is 20.7. The Bertz CT molecular complexity index is 2750. The standard InChI is InChI=1S/C48H46N8O6.2H2S/c1-60-48(59)54-43(33-13-7-4-8-14-33)47(58)56-26-10-16-41(56)45-51-37-24-22-35(28-39(37)53-45)31-19-17-30(18-20-31)34-21-23-36-38(27-34)52-44(50-36)40-15-9-25-55(40)46(57)42(49-29-62-61-2)32-11-5-3-6-12-32;;/h3-8,11-14,17-24,27-29,40-43H,9-10,15-16,25-26H2,1-2H3,(H,50,52)(H,51,53)(H,54,59);2*1H2/t40-,41-,42+,43+;;/m0../s1. The van der Waals surface area contributed by atoms with E-state index in [0.29, 0.717) is 24.5 Å². The smallest absolute Gasteiger partial charge is 0.407 e. The molecule has 0 bridgehead atoms. The number of fused-ring (bicyclic) bond motifs is 2. The van der Waals surface area contributed by atoms with E-state index < -0.39 is 18.2 Å². The maximum absolute atomic E-state index is 14.0. The number of hydrogen-bond acceptors (Lipinski definition) is 9. The lowest BCUT2D eigenvalue weighted by Gasteiger charge is -2.28. The van der Waals surface area contributed by atoms with Crippen LogP contribution in [0.2, 0.25) is 0 Å². The van der Waals surface area contributed by atoms with Gasteiger partial charge in [0.05, 0.1) is 48.4 Å². The fraction of sp³-hybridized carbons (Fsp3) is 0.250. The van der Waals surface area contributed by atoms with Crippen LogP contribution < -0.4 is 5.32 Å². The third kappa shape index (κ3) is 9.35. The second-order valence-corrected chi connectivity index (χ2v) is 15.5. The van der Waals surface area contributed by atoms with Crippen LogP contribution in [0.15, 0.2) is 126 Å². The van der Waals surface area contributed by atoms with Crippen molar-refractivity contribution in [2.75, 3.05) is 27.3 Å². The normalized spacial score (nSPS) is 16.9. The summed E-state index contributed by atoms with van der Waals surface area (Å²) in [7, 11) is 2.67. The summed E-state index contributed by atoms with van der Waals surface area (Å²) < 4.78 is 4.85. The van der Waals surface area contributed by atoms with Crippen LogP contribution in [0.4, 0.5) is 4.79 Å². The molecule has 2 aromatic heterocycles. The lowest BCUT2D eigenvalue weighted by atomic mass is 10.00. The van der Waals surface area contributed by atoms with Gasteiger partial charge in [-0.1, -0.05) is 97.1 Å². The zero-order valence-electron chi connectivity index (χ0n) is 35.4. The van der Waals surface area contributed by atoms with Crippen molar-refractivity contribution in [3.8, 4) is 22.3 Å². The molecule has 2 fully saturated rings. The molecule has 330 valence electrons. The number of benzene rings is 5. The SMILES string of the molecule is COOC=N[C@@H](C(=O)N1CCC[C@H]1c1nc2ccc(-c3ccc(-c4ccc5nc([C@@H]6CCCN6C(=O)[C@H](NC(=O)OC)c6ccccc6)[nH]c5c4)cc3)cc2[nH]1)c1ccccc1.S.S. The Labute approximate surface area is 384 Å². The maximum Gasteiger partial charge on any atom is 0.407 e. The summed E-state index contributed by atoms with van der Waals surface area (Å²) in [5, 5.41) is 2.73. The summed E-state index contributed by atoms with van der Waals surface area (Å²) in [5.41, 5.74) is 9.02. The molecule has 9 rings (SSSR count). The quantitative estimate of drug-likeness (QED) is 0.0474. The molecule has 0 saturated carbocycles. The van der Waals surface area contributed by atoms with Gasteiger partial charge in [-0.3, -0.25) is 9.59 Å². The number of aromatic amines is 2. The van der Waals surface area contributed by atoms with E-state index in [2.05, 4.69) is 73.7 Å². The number of carbonyl (C=O) groups excluding carboxylic acids is 3. The third-order valence-corrected chi connectivity index (χ3v) is 11.8. The first-order chi connectivity index (χ1) is 30.4. The van der Waals surface area contributed by atoms with Crippen LogP contribution in [0.25, 0.3) is 44.3 Å². The highest BCUT2D eigenvalue weighted by molar-refractivity contribution is 7.59. The van der Waals surface area contributed by atoms with E-state index in [4.69, 9.17) is 19.6 Å². The number of alkyl carbamates (subject to hydrolysis) is 1. The molecule has 2 saturated heterocycles. The number of aliphatic imine (C=N–C) groups is 1. The van der Waals surface area contributed by atoms with Gasteiger partial charge in [-0.05, 0) is 83.3 Å². The molecule has 14 nitrogen and oxygen atoms in total. The van der Waals surface area contributed by atoms with Crippen LogP contribution in [-0.2, 0) is 24.1 Å². The highest BCUT2D eigenvalue weighted by Crippen LogP contribution is 2.37. The third-order valence-electron chi connectivity index (χ3n) is 11.8. The number of rotatable bonds is 12. The molecule has 2 aliphatic heterocycles. The molecule has 4 atom stereocenters. The zero-order chi connectivity index (χ0) is 42.6. The van der Waals surface area contributed by atoms with Gasteiger partial charge in [-0.25, -0.2) is 19.8 Å². The van der Waals surface area contributed by atoms with E-state index in [9.17, 15) is 14.4 Å². The number of hydrogen-bond donors (Lipinski definition) is 3. The summed E-state index contributed by atoms with van der Waals surface area (Å²) in [6.07, 6.45) is 3.70. The molecular formula is C48H50N8O6S2. The molecule has 4 heterocycles. The van der Waals surface area contributed by atoms with Crippen molar-refractivity contribution in [1.82, 2.24) is 35.1 Å². The Kier molecular flexibility index (Phi) is 14.4. The number of imidazole rings is 2. The van der Waals surface area contributed by atoms with Crippen LogP contribution in [0, 0.1) is 0 Å². The molecule has 3 N–H and O–H groups in total. The summed E-state index contributed by atoms with van der Waals surface area (Å²) in [5.74, 6) is 1.13. The van der Waals surface area contributed by atoms with E-state index in [1.54, 1.807) is 4.90 Å². The largest absolute Gasteiger partial charge is 0.453 e. The van der Waals surface area contributed by atoms with Gasteiger partial charge >= 0.3 is 6.09 Å². The highest BCUT2D eigenvalue weighted by Gasteiger charge is 2.38. The molecule has 0 unspecified atom stereocenters. The van der Waals surface area contributed by atoms with Gasteiger partial charge in [0.15, 0.2) is 6.04 Å². The predicted octanol–water partition coefficient (Wildman–Crippen LogP) is 8.77. The fourth-order valence-corrected chi connectivity index (χ4v) is 8.71. The fourth-order valence-electron chi connectivity index (χ4n) is 8.71. The van der Waals surface area contributed by atoms with Crippen molar-refractivity contribution in [2.45, 2.75) is 49.9 Å². The molecule has 16 heteroatoms. The molecule has 2 aliphatic rings. The zero-order valence-corrected chi connectivity index (χ0v) is 37.4. The number of methoxy groups -OCH3 is 1. The van der Waals surface area contributed by atoms with Crippen LogP contribution in [-0.4, -0.2) is 81.4 Å². The van der Waals surface area contributed by atoms with Crippen molar-refractivity contribution >= 4 is 73.4 Å². The van der Waals surface area contributed by atoms with Gasteiger partial charge < -0.3 is 34.7 Å². The average Bonchev–Trinajstić information content (AvgIpc) is 4.15. The van der Waals surface area contributed by atoms with Crippen LogP contribution in [0.1, 0.15) is 72.6 Å². The van der Waals surface area contributed by atoms with Gasteiger partial charge in [0.2, 0.25) is 6.40 Å². The second kappa shape index (κ2) is 20.3. The van der Waals surface area contributed by atoms with Gasteiger partial charge in [-0.2, -0.15) is 31.9 Å². The Balaban J connectivity index is 0.00000306. The summed E-state index contributed by atoms with van der Waals surface area (Å²) in [6, 6.07) is 37.3. The van der Waals surface area contributed by atoms with Crippen molar-refractivity contribution in [1.29, 1.82) is 0 Å². The Morgan fingerprint density at radius 1 is 0.672 bits per heavy atom. The minimum absolute atomic E-state index is 0. The van der Waals surface area contributed by atoms with E-state index in [0.717, 1.165) is 87.8 Å². The second-order valence-electron chi connectivity index (χ2n) is 15.5. The van der Waals surface area contributed by atoms with Crippen molar-refractivity contribution < 1.29 is 28.9 Å². The van der Waals surface area contributed by atoms with E-state index in [1.807, 2.05) is 77.7 Å². The van der Waals surface area contributed by atoms with E-state index in [-0.39, 0.29) is 50.9 Å². The number of nitrogens with one attached hydrogen (secondary N) is 3. The molecule has 7 aromatic rings. The lowest BCUT2D eigenvalue weighted by molar-refractivity contribution is -0.188. The van der Waals surface area contributed by atoms with Crippen molar-refractivity contribution in [3.05, 3.63) is 144 Å². The van der Waals surface area contributed by atoms with Gasteiger partial charge in [-0.15, -0.1) is 0 Å². The first-order valence-corrected chi connectivity index (χ1v) is 20.7. The van der Waals surface area contributed by atoms with Gasteiger partial charge in [0.25, 0.3) is 11.8 Å². The summed E-state index contributed by atoms with van der Waals surface area (Å²) in [6.45, 7) is 1.15. The minimum Gasteiger partial charge on any atom is -0.453 e. The Morgan fingerprint density at radius 3 is 1.66 bits per heavy atom. The number of H-pyrrole nitrogens is 2. The molecule has 3 amide bonds. The van der Waals surface area contributed by atoms with Gasteiger partial charge in [0, 0.05) is 13.1 Å². The summed E-state index contributed by atoms with van der Waals surface area (Å²) in [4.78, 5) is 74.8. The van der Waals surface area contributed by atoms with E-state index >= 15 is 0 Å². The number of ether oxygens (including phenoxy) is 1. The maximum atomic E-state index is 14.0. The minimum atomic E-state index is -0.884. The molecule has 0 spiro atoms. The lowest BCUT2D eigenvalue weighted by Crippen LogP contribution is -2.42. The van der Waals surface area contributed by atoms with Gasteiger partial charge in [0.1, 0.15) is 17.7 Å². The molecule has 0 radical (unpaired) electrons. The summed E-state index contributed by atoms with van der Waals surface area (Å²) >= 11 is 0. The predicted molar refractivity (Wildman–Crippen MR) is 255 cm³/mol. The molecular weight excluding hydrogens is 849 g/mol. The number of carbonyl (C=O) groups is 3. The number of aromatic nitrogens is 4. The van der Waals surface area contributed by atoms with Crippen molar-refractivity contribution in [3.63, 3.8) is 0 Å². The molecule has 64 heavy (non-hydrogen) atoms. The number of nitrogens with zero attached hydrogens (tertiary/aromatic N) is 5. The average molecular weight is 899 g/mol. The molecule has 5 aromatic carbocycles. The number of likely N-dealkylation sites (tertiary alicyclic amines) is 2. The van der Waals surface area contributed by atoms with Crippen molar-refractivity contribution in [2.24, 2.45) is 4.99 Å². The van der Waals surface area contributed by atoms with Crippen LogP contribution in [0.5, 0.6) is 0 Å². The first kappa shape index (κ1) is 45.4. The monoisotopic (exact) mass is 898 g/mol. The Hall–Kier alpha value is -6.62. The molecule has 0 aliphatic carbocycles. The number of amides is 3. The Morgan fingerprint density at radius 2 is 1.16 bits per heavy atom. The van der Waals surface area contributed by atoms with Crippen LogP contribution >= 0.6 is 27.0 Å². The van der Waals surface area contributed by atoms with E-state index in [1.165, 1.54) is 14.2 Å².